The van der Waals surface area contributed by atoms with Gasteiger partial charge < -0.3 is 5.32 Å². The molecule has 0 bridgehead atoms. The molecule has 0 fully saturated rings. The molecule has 0 aliphatic carbocycles. The first-order chi connectivity index (χ1) is 16.5. The smallest absolute Gasteiger partial charge is 0.292 e. The Balaban J connectivity index is 1.70. The lowest BCUT2D eigenvalue weighted by Gasteiger charge is -2.12. The van der Waals surface area contributed by atoms with E-state index in [4.69, 9.17) is 4.98 Å². The highest BCUT2D eigenvalue weighted by molar-refractivity contribution is 7.19. The van der Waals surface area contributed by atoms with Gasteiger partial charge in [-0.15, -0.1) is 11.3 Å². The van der Waals surface area contributed by atoms with Crippen molar-refractivity contribution < 1.29 is 4.92 Å². The number of anilines is 1. The molecule has 0 radical (unpaired) electrons. The third-order valence-corrected chi connectivity index (χ3v) is 7.24. The molecule has 5 rings (SSSR count). The van der Waals surface area contributed by atoms with Crippen LogP contribution in [0, 0.1) is 17.0 Å². The molecule has 1 aliphatic rings. The second kappa shape index (κ2) is 8.87. The van der Waals surface area contributed by atoms with E-state index in [1.165, 1.54) is 11.3 Å². The summed E-state index contributed by atoms with van der Waals surface area (Å²) < 4.78 is 1.79. The molecule has 3 heterocycles. The second-order valence-corrected chi connectivity index (χ2v) is 9.59. The van der Waals surface area contributed by atoms with Gasteiger partial charge in [0.05, 0.1) is 10.3 Å². The number of fused-ring (bicyclic) bond motifs is 2. The Morgan fingerprint density at radius 2 is 1.97 bits per heavy atom. The van der Waals surface area contributed by atoms with Crippen molar-refractivity contribution in [2.75, 3.05) is 12.4 Å². The molecule has 0 amide bonds. The van der Waals surface area contributed by atoms with Gasteiger partial charge in [0.25, 0.3) is 11.2 Å². The maximum Gasteiger partial charge on any atom is 0.292 e. The molecular formula is C26H24N4O3S. The van der Waals surface area contributed by atoms with Crippen LogP contribution < -0.4 is 10.9 Å². The summed E-state index contributed by atoms with van der Waals surface area (Å²) in [4.78, 5) is 31.7. The highest BCUT2D eigenvalue weighted by atomic mass is 32.1. The number of hydrogen-bond acceptors (Lipinski definition) is 6. The third kappa shape index (κ3) is 3.80. The Morgan fingerprint density at radius 3 is 2.71 bits per heavy atom. The molecule has 0 unspecified atom stereocenters. The van der Waals surface area contributed by atoms with Crippen molar-refractivity contribution in [2.24, 2.45) is 0 Å². The lowest BCUT2D eigenvalue weighted by atomic mass is 10.0. The number of aromatic nitrogens is 2. The maximum absolute atomic E-state index is 13.8. The van der Waals surface area contributed by atoms with Crippen LogP contribution in [0.5, 0.6) is 0 Å². The van der Waals surface area contributed by atoms with E-state index in [9.17, 15) is 14.9 Å². The number of benzene rings is 2. The van der Waals surface area contributed by atoms with Crippen LogP contribution in [0.2, 0.25) is 0 Å². The van der Waals surface area contributed by atoms with Gasteiger partial charge >= 0.3 is 0 Å². The minimum absolute atomic E-state index is 0.0208. The molecule has 1 N–H and O–H groups in total. The van der Waals surface area contributed by atoms with Crippen LogP contribution in [-0.4, -0.2) is 21.5 Å². The largest absolute Gasteiger partial charge is 0.383 e. The number of thiophene rings is 1. The van der Waals surface area contributed by atoms with E-state index in [2.05, 4.69) is 5.32 Å². The second-order valence-electron chi connectivity index (χ2n) is 8.38. The average Bonchev–Trinajstić information content (AvgIpc) is 3.05. The van der Waals surface area contributed by atoms with Gasteiger partial charge in [-0.25, -0.2) is 4.98 Å². The Morgan fingerprint density at radius 1 is 1.18 bits per heavy atom. The zero-order valence-electron chi connectivity index (χ0n) is 19.0. The predicted octanol–water partition coefficient (Wildman–Crippen LogP) is 6.11. The van der Waals surface area contributed by atoms with Crippen LogP contribution in [0.3, 0.4) is 0 Å². The summed E-state index contributed by atoms with van der Waals surface area (Å²) in [6.07, 6.45) is 4.49. The molecule has 0 saturated heterocycles. The van der Waals surface area contributed by atoms with Crippen molar-refractivity contribution in [3.63, 3.8) is 0 Å². The van der Waals surface area contributed by atoms with Crippen molar-refractivity contribution in [1.82, 2.24) is 9.55 Å². The molecule has 34 heavy (non-hydrogen) atoms. The first kappa shape index (κ1) is 22.0. The standard InChI is InChI=1S/C26H24N4O3S/c1-16-22(18-8-4-3-5-9-18)23-25(34-16)28-24-19(10-6-7-13-29(24)26(23)31)14-17-11-12-20(27-2)21(15-17)30(32)33/h3-5,8-9,11-12,14-15,27H,6-7,10,13H2,1-2H3. The normalized spacial score (nSPS) is 14.7. The van der Waals surface area contributed by atoms with Gasteiger partial charge in [0.15, 0.2) is 0 Å². The van der Waals surface area contributed by atoms with Gasteiger partial charge in [-0.3, -0.25) is 19.5 Å². The fourth-order valence-corrected chi connectivity index (χ4v) is 5.67. The topological polar surface area (TPSA) is 90.1 Å². The Bertz CT molecular complexity index is 1500. The van der Waals surface area contributed by atoms with E-state index in [1.54, 1.807) is 23.7 Å². The molecule has 0 saturated carbocycles. The lowest BCUT2D eigenvalue weighted by molar-refractivity contribution is -0.383. The summed E-state index contributed by atoms with van der Waals surface area (Å²) >= 11 is 1.54. The van der Waals surface area contributed by atoms with Gasteiger partial charge in [0, 0.05) is 30.1 Å². The highest BCUT2D eigenvalue weighted by Gasteiger charge is 2.23. The van der Waals surface area contributed by atoms with Crippen molar-refractivity contribution in [2.45, 2.75) is 32.7 Å². The molecule has 7 nitrogen and oxygen atoms in total. The summed E-state index contributed by atoms with van der Waals surface area (Å²) in [6, 6.07) is 15.1. The molecule has 8 heteroatoms. The van der Waals surface area contributed by atoms with Gasteiger partial charge in [0.2, 0.25) is 0 Å². The zero-order valence-corrected chi connectivity index (χ0v) is 19.8. The van der Waals surface area contributed by atoms with Crippen molar-refractivity contribution in [1.29, 1.82) is 0 Å². The van der Waals surface area contributed by atoms with E-state index in [-0.39, 0.29) is 16.2 Å². The number of nitro benzene ring substituents is 1. The Kier molecular flexibility index (Phi) is 5.75. The summed E-state index contributed by atoms with van der Waals surface area (Å²) in [5.74, 6) is 0.663. The monoisotopic (exact) mass is 472 g/mol. The summed E-state index contributed by atoms with van der Waals surface area (Å²) in [5.41, 5.74) is 4.09. The molecule has 4 aromatic rings. The van der Waals surface area contributed by atoms with E-state index >= 15 is 0 Å². The number of aryl methyl sites for hydroxylation is 1. The number of hydrogen-bond donors (Lipinski definition) is 1. The number of nitrogens with zero attached hydrogens (tertiary/aromatic N) is 3. The van der Waals surface area contributed by atoms with Crippen LogP contribution in [-0.2, 0) is 6.54 Å². The molecular weight excluding hydrogens is 448 g/mol. The highest BCUT2D eigenvalue weighted by Crippen LogP contribution is 2.37. The first-order valence-electron chi connectivity index (χ1n) is 11.2. The van der Waals surface area contributed by atoms with Crippen molar-refractivity contribution in [3.8, 4) is 11.1 Å². The van der Waals surface area contributed by atoms with Gasteiger partial charge in [-0.1, -0.05) is 36.4 Å². The first-order valence-corrected chi connectivity index (χ1v) is 12.1. The Labute approximate surface area is 200 Å². The van der Waals surface area contributed by atoms with Crippen molar-refractivity contribution in [3.05, 3.63) is 85.3 Å². The minimum Gasteiger partial charge on any atom is -0.383 e. The molecule has 172 valence electrons. The minimum atomic E-state index is -0.388. The fraction of sp³-hybridized carbons (Fsp3) is 0.231. The van der Waals surface area contributed by atoms with Gasteiger partial charge in [0.1, 0.15) is 16.3 Å². The van der Waals surface area contributed by atoms with E-state index < -0.39 is 0 Å². The molecule has 2 aromatic heterocycles. The summed E-state index contributed by atoms with van der Waals surface area (Å²) in [6.45, 7) is 2.64. The number of rotatable bonds is 4. The SMILES string of the molecule is CNc1ccc(C=C2CCCCn3c2nc2sc(C)c(-c4ccccc4)c2c3=O)cc1[N+](=O)[O-]. The third-order valence-electron chi connectivity index (χ3n) is 6.24. The Hall–Kier alpha value is -3.78. The number of allylic oxidation sites excluding steroid dienone is 1. The van der Waals surface area contributed by atoms with Gasteiger partial charge in [-0.05, 0) is 55.0 Å². The van der Waals surface area contributed by atoms with Crippen LogP contribution >= 0.6 is 11.3 Å². The van der Waals surface area contributed by atoms with Crippen molar-refractivity contribution >= 4 is 44.6 Å². The van der Waals surface area contributed by atoms with Crippen LogP contribution in [0.25, 0.3) is 33.0 Å². The molecule has 2 aromatic carbocycles. The fourth-order valence-electron chi connectivity index (χ4n) is 4.64. The quantitative estimate of drug-likeness (QED) is 0.286. The van der Waals surface area contributed by atoms with Gasteiger partial charge in [-0.2, -0.15) is 0 Å². The molecule has 0 atom stereocenters. The van der Waals surface area contributed by atoms with E-state index in [0.29, 0.717) is 23.4 Å². The molecule has 0 spiro atoms. The lowest BCUT2D eigenvalue weighted by Crippen LogP contribution is -2.24. The van der Waals surface area contributed by atoms with Crippen LogP contribution in [0.1, 0.15) is 35.5 Å². The maximum atomic E-state index is 13.8. The average molecular weight is 473 g/mol. The van der Waals surface area contributed by atoms with Crippen LogP contribution in [0.4, 0.5) is 11.4 Å². The summed E-state index contributed by atoms with van der Waals surface area (Å²) in [7, 11) is 1.66. The van der Waals surface area contributed by atoms with E-state index in [1.807, 2.05) is 49.4 Å². The summed E-state index contributed by atoms with van der Waals surface area (Å²) in [5, 5.41) is 15.0. The number of nitrogens with one attached hydrogen (secondary N) is 1. The zero-order chi connectivity index (χ0) is 23.8. The number of nitro groups is 1. The van der Waals surface area contributed by atoms with Crippen LogP contribution in [0.15, 0.2) is 53.3 Å². The molecule has 1 aliphatic heterocycles. The van der Waals surface area contributed by atoms with E-state index in [0.717, 1.165) is 51.2 Å². The predicted molar refractivity (Wildman–Crippen MR) is 138 cm³/mol.